The lowest BCUT2D eigenvalue weighted by Crippen LogP contribution is -2.13. The Bertz CT molecular complexity index is 985. The predicted molar refractivity (Wildman–Crippen MR) is 106 cm³/mol. The van der Waals surface area contributed by atoms with E-state index in [1.807, 2.05) is 43.3 Å². The Hall–Kier alpha value is -2.92. The maximum atomic E-state index is 12.4. The molecular formula is C21H19ClN2O3. The van der Waals surface area contributed by atoms with Crippen LogP contribution in [-0.2, 0) is 16.2 Å². The molecule has 0 bridgehead atoms. The number of hydrogen-bond acceptors (Lipinski definition) is 5. The maximum absolute atomic E-state index is 12.4. The van der Waals surface area contributed by atoms with E-state index in [1.54, 1.807) is 25.3 Å². The second-order valence-corrected chi connectivity index (χ2v) is 6.29. The van der Waals surface area contributed by atoms with Crippen molar-refractivity contribution in [1.82, 2.24) is 4.98 Å². The van der Waals surface area contributed by atoms with Gasteiger partial charge in [-0.3, -0.25) is 0 Å². The van der Waals surface area contributed by atoms with Crippen LogP contribution in [0.25, 0.3) is 10.9 Å². The molecule has 1 heterocycles. The van der Waals surface area contributed by atoms with Crippen molar-refractivity contribution in [2.24, 2.45) is 5.16 Å². The van der Waals surface area contributed by atoms with Crippen LogP contribution in [0.1, 0.15) is 34.1 Å². The van der Waals surface area contributed by atoms with Crippen LogP contribution in [0.2, 0.25) is 5.02 Å². The number of carbonyl (C=O) groups excluding carboxylic acids is 1. The van der Waals surface area contributed by atoms with E-state index in [0.717, 1.165) is 22.0 Å². The molecule has 0 fully saturated rings. The van der Waals surface area contributed by atoms with E-state index in [1.165, 1.54) is 0 Å². The van der Waals surface area contributed by atoms with Crippen molar-refractivity contribution >= 4 is 34.7 Å². The van der Waals surface area contributed by atoms with Crippen molar-refractivity contribution in [3.63, 3.8) is 0 Å². The smallest absolute Gasteiger partial charge is 0.340 e. The highest BCUT2D eigenvalue weighted by atomic mass is 35.5. The number of oxime groups is 1. The van der Waals surface area contributed by atoms with Gasteiger partial charge in [0.15, 0.2) is 6.61 Å². The first kappa shape index (κ1) is 18.9. The highest BCUT2D eigenvalue weighted by molar-refractivity contribution is 6.30. The molecule has 5 nitrogen and oxygen atoms in total. The van der Waals surface area contributed by atoms with Gasteiger partial charge in [0.2, 0.25) is 0 Å². The summed E-state index contributed by atoms with van der Waals surface area (Å²) in [6.45, 7) is 4.01. The van der Waals surface area contributed by atoms with Gasteiger partial charge in [-0.05, 0) is 43.2 Å². The Kier molecular flexibility index (Phi) is 6.04. The first-order chi connectivity index (χ1) is 13.1. The number of para-hydroxylation sites is 1. The molecule has 0 unspecified atom stereocenters. The molecule has 0 saturated heterocycles. The van der Waals surface area contributed by atoms with Gasteiger partial charge < -0.3 is 9.57 Å². The molecule has 0 aliphatic carbocycles. The molecule has 1 aromatic heterocycles. The van der Waals surface area contributed by atoms with E-state index in [2.05, 4.69) is 10.1 Å². The number of hydrogen-bond donors (Lipinski definition) is 0. The topological polar surface area (TPSA) is 60.8 Å². The van der Waals surface area contributed by atoms with Gasteiger partial charge in [0, 0.05) is 10.4 Å². The molecule has 3 aromatic rings. The second kappa shape index (κ2) is 8.64. The van der Waals surface area contributed by atoms with E-state index < -0.39 is 5.97 Å². The third-order valence-corrected chi connectivity index (χ3v) is 4.31. The predicted octanol–water partition coefficient (Wildman–Crippen LogP) is 4.92. The molecule has 6 heteroatoms. The largest absolute Gasteiger partial charge is 0.462 e. The number of ether oxygens (including phenoxy) is 1. The summed E-state index contributed by atoms with van der Waals surface area (Å²) in [4.78, 5) is 22.4. The van der Waals surface area contributed by atoms with E-state index >= 15 is 0 Å². The number of benzene rings is 2. The van der Waals surface area contributed by atoms with Gasteiger partial charge >= 0.3 is 5.97 Å². The van der Waals surface area contributed by atoms with Gasteiger partial charge in [0.05, 0.1) is 29.6 Å². The van der Waals surface area contributed by atoms with Crippen LogP contribution >= 0.6 is 11.6 Å². The first-order valence-corrected chi connectivity index (χ1v) is 8.94. The van der Waals surface area contributed by atoms with Gasteiger partial charge in [-0.15, -0.1) is 0 Å². The molecule has 138 valence electrons. The lowest BCUT2D eigenvalue weighted by Gasteiger charge is -2.13. The molecule has 0 saturated carbocycles. The zero-order valence-corrected chi connectivity index (χ0v) is 15.9. The minimum absolute atomic E-state index is 0.0594. The summed E-state index contributed by atoms with van der Waals surface area (Å²) in [7, 11) is 0. The van der Waals surface area contributed by atoms with Crippen LogP contribution in [-0.4, -0.2) is 23.8 Å². The highest BCUT2D eigenvalue weighted by Crippen LogP contribution is 2.24. The van der Waals surface area contributed by atoms with Gasteiger partial charge in [0.1, 0.15) is 0 Å². The normalized spacial score (nSPS) is 11.1. The fourth-order valence-corrected chi connectivity index (χ4v) is 2.89. The molecule has 0 aliphatic heterocycles. The number of fused-ring (bicyclic) bond motifs is 1. The molecule has 2 aromatic carbocycles. The zero-order chi connectivity index (χ0) is 19.2. The number of halogens is 1. The first-order valence-electron chi connectivity index (χ1n) is 8.56. The van der Waals surface area contributed by atoms with Crippen molar-refractivity contribution in [2.75, 3.05) is 6.61 Å². The number of aryl methyl sites for hydroxylation is 1. The Balaban J connectivity index is 1.86. The molecule has 0 aliphatic rings. The zero-order valence-electron chi connectivity index (χ0n) is 15.1. The monoisotopic (exact) mass is 382 g/mol. The van der Waals surface area contributed by atoms with Crippen molar-refractivity contribution in [2.45, 2.75) is 20.5 Å². The van der Waals surface area contributed by atoms with E-state index in [9.17, 15) is 4.79 Å². The SMILES string of the molecule is CCOC(=O)c1c(CO/N=C\c2ccc(Cl)cc2)nc2ccccc2c1C. The third kappa shape index (κ3) is 4.44. The van der Waals surface area contributed by atoms with Crippen molar-refractivity contribution in [3.05, 3.63) is 75.9 Å². The molecule has 3 rings (SSSR count). The number of carbonyl (C=O) groups is 1. The average molecular weight is 383 g/mol. The fraction of sp³-hybridized carbons (Fsp3) is 0.190. The molecular weight excluding hydrogens is 364 g/mol. The van der Waals surface area contributed by atoms with Crippen molar-refractivity contribution in [3.8, 4) is 0 Å². The standard InChI is InChI=1S/C21H19ClN2O3/c1-3-26-21(25)20-14(2)17-6-4-5-7-18(17)24-19(20)13-27-23-12-15-8-10-16(22)11-9-15/h4-12H,3,13H2,1-2H3/b23-12-. The number of esters is 1. The minimum Gasteiger partial charge on any atom is -0.462 e. The van der Waals surface area contributed by atoms with Gasteiger partial charge in [-0.25, -0.2) is 9.78 Å². The number of nitrogens with zero attached hydrogens (tertiary/aromatic N) is 2. The summed E-state index contributed by atoms with van der Waals surface area (Å²) in [6, 6.07) is 14.9. The van der Waals surface area contributed by atoms with Crippen molar-refractivity contribution < 1.29 is 14.4 Å². The third-order valence-electron chi connectivity index (χ3n) is 4.05. The number of aromatic nitrogens is 1. The van der Waals surface area contributed by atoms with Crippen LogP contribution in [0.15, 0.2) is 53.7 Å². The Morgan fingerprint density at radius 1 is 1.19 bits per heavy atom. The number of pyridine rings is 1. The summed E-state index contributed by atoms with van der Waals surface area (Å²) in [5, 5.41) is 5.53. The summed E-state index contributed by atoms with van der Waals surface area (Å²) >= 11 is 5.86. The molecule has 0 radical (unpaired) electrons. The molecule has 0 N–H and O–H groups in total. The van der Waals surface area contributed by atoms with Gasteiger partial charge in [-0.2, -0.15) is 0 Å². The molecule has 27 heavy (non-hydrogen) atoms. The number of rotatable bonds is 6. The fourth-order valence-electron chi connectivity index (χ4n) is 2.76. The van der Waals surface area contributed by atoms with Gasteiger partial charge in [0.25, 0.3) is 0 Å². The maximum Gasteiger partial charge on any atom is 0.340 e. The van der Waals surface area contributed by atoms with E-state index in [4.69, 9.17) is 21.2 Å². The van der Waals surface area contributed by atoms with Crippen LogP contribution < -0.4 is 0 Å². The molecule has 0 atom stereocenters. The molecule has 0 spiro atoms. The van der Waals surface area contributed by atoms with Crippen LogP contribution in [0, 0.1) is 6.92 Å². The summed E-state index contributed by atoms with van der Waals surface area (Å²) in [5.74, 6) is -0.409. The highest BCUT2D eigenvalue weighted by Gasteiger charge is 2.20. The second-order valence-electron chi connectivity index (χ2n) is 5.86. The lowest BCUT2D eigenvalue weighted by molar-refractivity contribution is 0.0517. The Morgan fingerprint density at radius 2 is 1.93 bits per heavy atom. The Labute approximate surface area is 162 Å². The van der Waals surface area contributed by atoms with Crippen molar-refractivity contribution in [1.29, 1.82) is 0 Å². The Morgan fingerprint density at radius 3 is 2.67 bits per heavy atom. The minimum atomic E-state index is -0.409. The van der Waals surface area contributed by atoms with Crippen LogP contribution in [0.5, 0.6) is 0 Å². The van der Waals surface area contributed by atoms with Gasteiger partial charge in [-0.1, -0.05) is 47.1 Å². The summed E-state index contributed by atoms with van der Waals surface area (Å²) < 4.78 is 5.20. The summed E-state index contributed by atoms with van der Waals surface area (Å²) in [6.07, 6.45) is 1.58. The van der Waals surface area contributed by atoms with E-state index in [-0.39, 0.29) is 6.61 Å². The van der Waals surface area contributed by atoms with Crippen LogP contribution in [0.3, 0.4) is 0 Å². The van der Waals surface area contributed by atoms with E-state index in [0.29, 0.717) is 22.9 Å². The molecule has 0 amide bonds. The lowest BCUT2D eigenvalue weighted by atomic mass is 10.0. The average Bonchev–Trinajstić information content (AvgIpc) is 2.67. The van der Waals surface area contributed by atoms with Crippen LogP contribution in [0.4, 0.5) is 0 Å². The quantitative estimate of drug-likeness (QED) is 0.345. The summed E-state index contributed by atoms with van der Waals surface area (Å²) in [5.41, 5.74) is 3.39.